The van der Waals surface area contributed by atoms with Crippen LogP contribution in [0.15, 0.2) is 0 Å². The number of phosphoric acid groups is 1. The molecule has 0 aromatic carbocycles. The SMILES string of the molecule is CCCCCCCCCCCCCCCCCCCCCCC(=O)O[C@H](COCCCCCCCCCCCCCC)COP(=O)(O)OCCN. The molecule has 51 heavy (non-hydrogen) atoms. The summed E-state index contributed by atoms with van der Waals surface area (Å²) in [6.07, 6.45) is 41.2. The summed E-state index contributed by atoms with van der Waals surface area (Å²) in [7, 11) is -4.27. The van der Waals surface area contributed by atoms with Crippen LogP contribution in [0.25, 0.3) is 0 Å². The summed E-state index contributed by atoms with van der Waals surface area (Å²) in [5.41, 5.74) is 5.37. The second kappa shape index (κ2) is 40.7. The number of ether oxygens (including phenoxy) is 2. The zero-order valence-electron chi connectivity index (χ0n) is 33.9. The van der Waals surface area contributed by atoms with Crippen LogP contribution in [-0.2, 0) is 27.9 Å². The molecule has 0 aromatic rings. The Morgan fingerprint density at radius 1 is 0.510 bits per heavy atom. The number of hydrogen-bond donors (Lipinski definition) is 2. The summed E-state index contributed by atoms with van der Waals surface area (Å²) in [6.45, 7) is 4.98. The Morgan fingerprint density at radius 2 is 0.863 bits per heavy atom. The molecule has 0 amide bonds. The highest BCUT2D eigenvalue weighted by Crippen LogP contribution is 2.43. The Morgan fingerprint density at radius 3 is 1.24 bits per heavy atom. The van der Waals surface area contributed by atoms with Gasteiger partial charge in [0.25, 0.3) is 0 Å². The summed E-state index contributed by atoms with van der Waals surface area (Å²) >= 11 is 0. The lowest BCUT2D eigenvalue weighted by Gasteiger charge is -2.20. The fourth-order valence-electron chi connectivity index (χ4n) is 6.53. The Hall–Kier alpha value is -0.500. The molecule has 306 valence electrons. The first-order valence-corrected chi connectivity index (χ1v) is 23.5. The van der Waals surface area contributed by atoms with Crippen LogP contribution in [-0.4, -0.2) is 49.9 Å². The summed E-state index contributed by atoms with van der Waals surface area (Å²) < 4.78 is 33.4. The van der Waals surface area contributed by atoms with Crippen molar-refractivity contribution in [3.05, 3.63) is 0 Å². The van der Waals surface area contributed by atoms with Crippen LogP contribution in [0.5, 0.6) is 0 Å². The minimum Gasteiger partial charge on any atom is -0.457 e. The topological polar surface area (TPSA) is 117 Å². The van der Waals surface area contributed by atoms with Crippen LogP contribution in [0.3, 0.4) is 0 Å². The quantitative estimate of drug-likeness (QED) is 0.0360. The molecule has 1 unspecified atom stereocenters. The van der Waals surface area contributed by atoms with Crippen molar-refractivity contribution in [1.82, 2.24) is 0 Å². The van der Waals surface area contributed by atoms with Gasteiger partial charge in [-0.2, -0.15) is 0 Å². The van der Waals surface area contributed by atoms with Crippen LogP contribution in [0, 0.1) is 0 Å². The van der Waals surface area contributed by atoms with Gasteiger partial charge in [-0.3, -0.25) is 13.8 Å². The van der Waals surface area contributed by atoms with Crippen LogP contribution >= 0.6 is 7.82 Å². The van der Waals surface area contributed by atoms with Crippen LogP contribution in [0.2, 0.25) is 0 Å². The van der Waals surface area contributed by atoms with Gasteiger partial charge in [0.1, 0.15) is 6.10 Å². The van der Waals surface area contributed by atoms with Gasteiger partial charge in [0, 0.05) is 19.6 Å². The zero-order valence-corrected chi connectivity index (χ0v) is 34.8. The maximum Gasteiger partial charge on any atom is 0.472 e. The number of nitrogens with two attached hydrogens (primary N) is 1. The molecule has 0 bridgehead atoms. The van der Waals surface area contributed by atoms with Gasteiger partial charge in [-0.05, 0) is 12.8 Å². The molecule has 0 radical (unpaired) electrons. The summed E-state index contributed by atoms with van der Waals surface area (Å²) in [4.78, 5) is 22.5. The molecule has 0 aliphatic rings. The van der Waals surface area contributed by atoms with E-state index in [2.05, 4.69) is 13.8 Å². The molecular formula is C42H86NO7P. The van der Waals surface area contributed by atoms with Gasteiger partial charge in [-0.1, -0.05) is 206 Å². The van der Waals surface area contributed by atoms with Gasteiger partial charge in [-0.15, -0.1) is 0 Å². The second-order valence-corrected chi connectivity index (χ2v) is 16.4. The number of rotatable bonds is 43. The predicted octanol–water partition coefficient (Wildman–Crippen LogP) is 12.9. The molecule has 0 spiro atoms. The smallest absolute Gasteiger partial charge is 0.457 e. The minimum absolute atomic E-state index is 0.0901. The fraction of sp³-hybridized carbons (Fsp3) is 0.976. The largest absolute Gasteiger partial charge is 0.472 e. The zero-order chi connectivity index (χ0) is 37.4. The Kier molecular flexibility index (Phi) is 40.3. The first-order valence-electron chi connectivity index (χ1n) is 22.0. The average Bonchev–Trinajstić information content (AvgIpc) is 3.12. The van der Waals surface area contributed by atoms with E-state index in [1.165, 1.54) is 173 Å². The summed E-state index contributed by atoms with van der Waals surface area (Å²) in [5, 5.41) is 0. The van der Waals surface area contributed by atoms with Gasteiger partial charge >= 0.3 is 13.8 Å². The Bertz CT molecular complexity index is 757. The Balaban J connectivity index is 3.92. The van der Waals surface area contributed by atoms with E-state index in [0.717, 1.165) is 32.1 Å². The third-order valence-electron chi connectivity index (χ3n) is 9.77. The molecular weight excluding hydrogens is 661 g/mol. The normalized spacial score (nSPS) is 13.4. The number of carbonyl (C=O) groups excluding carboxylic acids is 1. The minimum atomic E-state index is -4.27. The lowest BCUT2D eigenvalue weighted by atomic mass is 10.0. The number of unbranched alkanes of at least 4 members (excludes halogenated alkanes) is 30. The maximum atomic E-state index is 12.6. The average molecular weight is 748 g/mol. The second-order valence-electron chi connectivity index (χ2n) is 14.9. The standard InChI is InChI=1S/C42H86NO7P/c1-3-5-7-9-11-13-15-17-18-19-20-21-22-23-24-25-27-29-31-33-35-42(44)50-41(40-49-51(45,46)48-38-36-43)39-47-37-34-32-30-28-26-16-14-12-10-8-6-4-2/h41H,3-40,43H2,1-2H3,(H,45,46)/t41-/m1/s1. The molecule has 0 aromatic heterocycles. The number of esters is 1. The van der Waals surface area contributed by atoms with Crippen molar-refractivity contribution in [2.45, 2.75) is 232 Å². The van der Waals surface area contributed by atoms with E-state index in [1.54, 1.807) is 0 Å². The van der Waals surface area contributed by atoms with Gasteiger partial charge in [0.15, 0.2) is 0 Å². The molecule has 3 N–H and O–H groups in total. The van der Waals surface area contributed by atoms with Crippen molar-refractivity contribution >= 4 is 13.8 Å². The third kappa shape index (κ3) is 40.5. The van der Waals surface area contributed by atoms with Crippen molar-refractivity contribution in [3.63, 3.8) is 0 Å². The molecule has 0 fully saturated rings. The van der Waals surface area contributed by atoms with E-state index < -0.39 is 13.9 Å². The monoisotopic (exact) mass is 748 g/mol. The fourth-order valence-corrected chi connectivity index (χ4v) is 7.29. The van der Waals surface area contributed by atoms with Crippen molar-refractivity contribution in [2.24, 2.45) is 5.73 Å². The highest BCUT2D eigenvalue weighted by molar-refractivity contribution is 7.47. The van der Waals surface area contributed by atoms with E-state index in [4.69, 9.17) is 24.3 Å². The van der Waals surface area contributed by atoms with Crippen molar-refractivity contribution in [1.29, 1.82) is 0 Å². The van der Waals surface area contributed by atoms with E-state index in [9.17, 15) is 14.3 Å². The maximum absolute atomic E-state index is 12.6. The molecule has 0 aliphatic carbocycles. The van der Waals surface area contributed by atoms with Crippen molar-refractivity contribution < 1.29 is 32.8 Å². The number of hydrogen-bond acceptors (Lipinski definition) is 7. The first-order chi connectivity index (χ1) is 24.9. The molecule has 0 rings (SSSR count). The van der Waals surface area contributed by atoms with E-state index in [0.29, 0.717) is 13.0 Å². The molecule has 8 nitrogen and oxygen atoms in total. The van der Waals surface area contributed by atoms with Crippen molar-refractivity contribution in [2.75, 3.05) is 33.0 Å². The van der Waals surface area contributed by atoms with Gasteiger partial charge < -0.3 is 20.1 Å². The molecule has 0 heterocycles. The molecule has 0 aliphatic heterocycles. The lowest BCUT2D eigenvalue weighted by Crippen LogP contribution is -2.28. The highest BCUT2D eigenvalue weighted by Gasteiger charge is 2.25. The number of phosphoric ester groups is 1. The van der Waals surface area contributed by atoms with Crippen molar-refractivity contribution in [3.8, 4) is 0 Å². The molecule has 9 heteroatoms. The van der Waals surface area contributed by atoms with E-state index >= 15 is 0 Å². The molecule has 0 saturated heterocycles. The number of carbonyl (C=O) groups is 1. The van der Waals surface area contributed by atoms with E-state index in [1.807, 2.05) is 0 Å². The Labute approximate surface area is 316 Å². The summed E-state index contributed by atoms with van der Waals surface area (Å²) in [5.74, 6) is -0.323. The van der Waals surface area contributed by atoms with Gasteiger partial charge in [0.05, 0.1) is 19.8 Å². The first kappa shape index (κ1) is 50.5. The molecule has 0 saturated carbocycles. The summed E-state index contributed by atoms with van der Waals surface area (Å²) in [6, 6.07) is 0. The third-order valence-corrected chi connectivity index (χ3v) is 10.8. The highest BCUT2D eigenvalue weighted by atomic mass is 31.2. The predicted molar refractivity (Wildman–Crippen MR) is 215 cm³/mol. The van der Waals surface area contributed by atoms with Gasteiger partial charge in [-0.25, -0.2) is 4.57 Å². The van der Waals surface area contributed by atoms with Crippen LogP contribution < -0.4 is 5.73 Å². The van der Waals surface area contributed by atoms with Crippen LogP contribution in [0.1, 0.15) is 226 Å². The van der Waals surface area contributed by atoms with Crippen LogP contribution in [0.4, 0.5) is 0 Å². The molecule has 2 atom stereocenters. The van der Waals surface area contributed by atoms with Gasteiger partial charge in [0.2, 0.25) is 0 Å². The lowest BCUT2D eigenvalue weighted by molar-refractivity contribution is -0.154. The van der Waals surface area contributed by atoms with E-state index in [-0.39, 0.29) is 32.3 Å².